The Balaban J connectivity index is 1.26. The quantitative estimate of drug-likeness (QED) is 0.462. The lowest BCUT2D eigenvalue weighted by Crippen LogP contribution is -2.59. The van der Waals surface area contributed by atoms with Gasteiger partial charge in [-0.15, -0.1) is 5.10 Å². The van der Waals surface area contributed by atoms with E-state index in [0.717, 1.165) is 22.8 Å². The highest BCUT2D eigenvalue weighted by molar-refractivity contribution is 5.79. The smallest absolute Gasteiger partial charge is 0.370 e. The number of halogens is 4. The third-order valence-corrected chi connectivity index (χ3v) is 6.78. The van der Waals surface area contributed by atoms with Gasteiger partial charge in [0.1, 0.15) is 18.2 Å². The molecule has 0 bridgehead atoms. The van der Waals surface area contributed by atoms with Gasteiger partial charge in [-0.1, -0.05) is 6.07 Å². The number of fused-ring (bicyclic) bond motifs is 1. The fourth-order valence-corrected chi connectivity index (χ4v) is 4.79. The van der Waals surface area contributed by atoms with Gasteiger partial charge < -0.3 is 9.64 Å². The summed E-state index contributed by atoms with van der Waals surface area (Å²) < 4.78 is 62.0. The van der Waals surface area contributed by atoms with Crippen molar-refractivity contribution in [2.75, 3.05) is 32.8 Å². The number of morpholine rings is 1. The molecule has 0 aliphatic carbocycles. The van der Waals surface area contributed by atoms with E-state index in [-0.39, 0.29) is 42.4 Å². The van der Waals surface area contributed by atoms with E-state index >= 15 is 0 Å². The summed E-state index contributed by atoms with van der Waals surface area (Å²) in [5.74, 6) is -1.43. The normalized spacial score (nSPS) is 20.2. The Bertz CT molecular complexity index is 1390. The minimum atomic E-state index is -4.81. The molecule has 0 saturated carbocycles. The number of rotatable bonds is 4. The molecule has 4 heterocycles. The van der Waals surface area contributed by atoms with Gasteiger partial charge in [0, 0.05) is 37.9 Å². The monoisotopic (exact) mass is 531 g/mol. The van der Waals surface area contributed by atoms with Gasteiger partial charge in [-0.05, 0) is 34.5 Å². The number of alkyl halides is 3. The van der Waals surface area contributed by atoms with Crippen LogP contribution in [0.25, 0.3) is 5.95 Å². The first kappa shape index (κ1) is 25.6. The van der Waals surface area contributed by atoms with Crippen molar-refractivity contribution >= 4 is 5.91 Å². The van der Waals surface area contributed by atoms with E-state index in [1.54, 1.807) is 13.0 Å². The molecule has 38 heavy (non-hydrogen) atoms. The maximum absolute atomic E-state index is 13.9. The van der Waals surface area contributed by atoms with E-state index in [4.69, 9.17) is 4.74 Å². The molecule has 15 heteroatoms. The van der Waals surface area contributed by atoms with E-state index in [1.807, 2.05) is 6.07 Å². The van der Waals surface area contributed by atoms with Gasteiger partial charge in [-0.25, -0.2) is 14.4 Å². The predicted octanol–water partition coefficient (Wildman–Crippen LogP) is 1.62. The topological polar surface area (TPSA) is 126 Å². The Morgan fingerprint density at radius 1 is 1.26 bits per heavy atom. The molecule has 0 radical (unpaired) electrons. The van der Waals surface area contributed by atoms with Crippen molar-refractivity contribution < 1.29 is 27.1 Å². The van der Waals surface area contributed by atoms with Crippen LogP contribution in [0.15, 0.2) is 24.7 Å². The van der Waals surface area contributed by atoms with Crippen molar-refractivity contribution in [2.45, 2.75) is 31.7 Å². The Morgan fingerprint density at radius 2 is 2.08 bits per heavy atom. The molecule has 1 amide bonds. The maximum atomic E-state index is 13.9. The number of benzene rings is 1. The highest BCUT2D eigenvalue weighted by atomic mass is 19.4. The lowest BCUT2D eigenvalue weighted by Gasteiger charge is -2.46. The van der Waals surface area contributed by atoms with Gasteiger partial charge in [-0.2, -0.15) is 23.1 Å². The summed E-state index contributed by atoms with van der Waals surface area (Å²) in [6, 6.07) is 4.59. The van der Waals surface area contributed by atoms with Crippen LogP contribution in [0.2, 0.25) is 0 Å². The van der Waals surface area contributed by atoms with Crippen LogP contribution in [-0.4, -0.2) is 84.7 Å². The van der Waals surface area contributed by atoms with Gasteiger partial charge in [0.05, 0.1) is 30.7 Å². The Kier molecular flexibility index (Phi) is 6.76. The molecule has 2 aromatic heterocycles. The molecule has 198 valence electrons. The molecule has 2 fully saturated rings. The molecular weight excluding hydrogens is 510 g/mol. The number of nitriles is 1. The summed E-state index contributed by atoms with van der Waals surface area (Å²) >= 11 is 0. The Labute approximate surface area is 213 Å². The third kappa shape index (κ3) is 4.92. The number of aromatic nitrogens is 6. The van der Waals surface area contributed by atoms with E-state index in [2.05, 4.69) is 30.4 Å². The van der Waals surface area contributed by atoms with Crippen LogP contribution in [0, 0.1) is 24.1 Å². The summed E-state index contributed by atoms with van der Waals surface area (Å²) in [6.07, 6.45) is -3.67. The van der Waals surface area contributed by atoms with Crippen LogP contribution in [0.3, 0.4) is 0 Å². The number of ether oxygens (including phenoxy) is 1. The number of carbonyl (C=O) groups excluding carboxylic acids is 1. The summed E-state index contributed by atoms with van der Waals surface area (Å²) in [5.41, 5.74) is -0.331. The third-order valence-electron chi connectivity index (χ3n) is 6.78. The van der Waals surface area contributed by atoms with E-state index in [9.17, 15) is 27.6 Å². The number of hydrogen-bond donors (Lipinski definition) is 0. The van der Waals surface area contributed by atoms with Gasteiger partial charge in [-0.3, -0.25) is 9.69 Å². The predicted molar refractivity (Wildman–Crippen MR) is 120 cm³/mol. The highest BCUT2D eigenvalue weighted by Gasteiger charge is 2.39. The van der Waals surface area contributed by atoms with Crippen LogP contribution >= 0.6 is 0 Å². The molecule has 0 N–H and O–H groups in total. The largest absolute Gasteiger partial charge is 0.433 e. The standard InChI is InChI=1S/C23H21F4N9O2/c1-13-16(2-3-18(24)17(13)7-28)19-10-34-4-5-35(9-15(34)11-38-19)20(37)6-14-8-29-22(36-12-30-32-33-36)31-21(14)23(25,26)27/h2-3,8,12,15,19H,4-6,9-11H2,1H3. The summed E-state index contributed by atoms with van der Waals surface area (Å²) in [5, 5.41) is 19.5. The van der Waals surface area contributed by atoms with Crippen LogP contribution in [-0.2, 0) is 22.1 Å². The molecule has 2 aliphatic heterocycles. The van der Waals surface area contributed by atoms with E-state index < -0.39 is 30.0 Å². The highest BCUT2D eigenvalue weighted by Crippen LogP contribution is 2.33. The molecule has 3 aromatic rings. The summed E-state index contributed by atoms with van der Waals surface area (Å²) in [6.45, 7) is 3.51. The van der Waals surface area contributed by atoms with Crippen LogP contribution in [0.5, 0.6) is 0 Å². The number of hydrogen-bond acceptors (Lipinski definition) is 9. The number of nitrogens with zero attached hydrogens (tertiary/aromatic N) is 9. The van der Waals surface area contributed by atoms with Crippen molar-refractivity contribution in [2.24, 2.45) is 0 Å². The first-order valence-electron chi connectivity index (χ1n) is 11.6. The first-order chi connectivity index (χ1) is 18.2. The van der Waals surface area contributed by atoms with Crippen molar-refractivity contribution in [1.82, 2.24) is 40.0 Å². The molecule has 2 atom stereocenters. The lowest BCUT2D eigenvalue weighted by molar-refractivity contribution is -0.143. The Hall–Kier alpha value is -4.03. The van der Waals surface area contributed by atoms with Crippen molar-refractivity contribution in [3.05, 3.63) is 58.4 Å². The van der Waals surface area contributed by atoms with Gasteiger partial charge in [0.2, 0.25) is 5.91 Å². The van der Waals surface area contributed by atoms with Gasteiger partial charge in [0.25, 0.3) is 5.95 Å². The number of amides is 1. The zero-order valence-corrected chi connectivity index (χ0v) is 20.1. The molecule has 1 aromatic carbocycles. The zero-order valence-electron chi connectivity index (χ0n) is 20.1. The Morgan fingerprint density at radius 3 is 2.79 bits per heavy atom. The maximum Gasteiger partial charge on any atom is 0.433 e. The fraction of sp³-hybridized carbons (Fsp3) is 0.435. The second-order valence-electron chi connectivity index (χ2n) is 9.03. The van der Waals surface area contributed by atoms with E-state index in [0.29, 0.717) is 25.2 Å². The van der Waals surface area contributed by atoms with Crippen molar-refractivity contribution in [1.29, 1.82) is 5.26 Å². The van der Waals surface area contributed by atoms with E-state index in [1.165, 1.54) is 11.0 Å². The number of tetrazole rings is 1. The molecular formula is C23H21F4N9O2. The summed E-state index contributed by atoms with van der Waals surface area (Å²) in [4.78, 5) is 24.1. The van der Waals surface area contributed by atoms with Gasteiger partial charge in [0.15, 0.2) is 5.69 Å². The van der Waals surface area contributed by atoms with Crippen molar-refractivity contribution in [3.63, 3.8) is 0 Å². The van der Waals surface area contributed by atoms with Crippen LogP contribution < -0.4 is 0 Å². The minimum absolute atomic E-state index is 0.0168. The number of carbonyl (C=O) groups is 1. The molecule has 2 saturated heterocycles. The average molecular weight is 531 g/mol. The van der Waals surface area contributed by atoms with Crippen molar-refractivity contribution in [3.8, 4) is 12.0 Å². The molecule has 2 unspecified atom stereocenters. The second kappa shape index (κ2) is 10.0. The minimum Gasteiger partial charge on any atom is -0.370 e. The molecule has 0 spiro atoms. The summed E-state index contributed by atoms with van der Waals surface area (Å²) in [7, 11) is 0. The average Bonchev–Trinajstić information content (AvgIpc) is 3.43. The van der Waals surface area contributed by atoms with Gasteiger partial charge >= 0.3 is 6.18 Å². The first-order valence-corrected chi connectivity index (χ1v) is 11.6. The SMILES string of the molecule is Cc1c(C2CN3CCN(C(=O)Cc4cnc(-n5cnnn5)nc4C(F)(F)F)CC3CO2)ccc(F)c1C#N. The number of piperazine rings is 1. The zero-order chi connectivity index (χ0) is 27.0. The lowest BCUT2D eigenvalue weighted by atomic mass is 9.96. The van der Waals surface area contributed by atoms with Crippen LogP contribution in [0.4, 0.5) is 17.6 Å². The van der Waals surface area contributed by atoms with Crippen LogP contribution in [0.1, 0.15) is 34.1 Å². The molecule has 5 rings (SSSR count). The molecule has 2 aliphatic rings. The fourth-order valence-electron chi connectivity index (χ4n) is 4.79. The second-order valence-corrected chi connectivity index (χ2v) is 9.03. The molecule has 11 nitrogen and oxygen atoms in total.